The number of aromatic nitrogens is 2. The van der Waals surface area contributed by atoms with Crippen molar-refractivity contribution >= 4 is 10.9 Å². The van der Waals surface area contributed by atoms with Gasteiger partial charge in [0.2, 0.25) is 0 Å². The molecule has 0 N–H and O–H groups in total. The van der Waals surface area contributed by atoms with E-state index in [0.29, 0.717) is 34.7 Å². The van der Waals surface area contributed by atoms with E-state index in [9.17, 15) is 13.2 Å². The second kappa shape index (κ2) is 7.13. The van der Waals surface area contributed by atoms with Crippen molar-refractivity contribution in [2.45, 2.75) is 26.6 Å². The number of fused-ring (bicyclic) bond motifs is 1. The Morgan fingerprint density at radius 1 is 1.07 bits per heavy atom. The topological polar surface area (TPSA) is 36.3 Å². The van der Waals surface area contributed by atoms with Crippen LogP contribution >= 0.6 is 0 Å². The number of ether oxygens (including phenoxy) is 2. The Hall–Kier alpha value is -2.70. The summed E-state index contributed by atoms with van der Waals surface area (Å²) in [5.74, 6) is 1.32. The van der Waals surface area contributed by atoms with Gasteiger partial charge in [0.05, 0.1) is 25.5 Å². The zero-order chi connectivity index (χ0) is 19.8. The van der Waals surface area contributed by atoms with Gasteiger partial charge in [-0.25, -0.2) is 0 Å². The predicted molar refractivity (Wildman–Crippen MR) is 98.1 cm³/mol. The number of methoxy groups -OCH3 is 2. The van der Waals surface area contributed by atoms with E-state index in [1.54, 1.807) is 36.1 Å². The largest absolute Gasteiger partial charge is 0.497 e. The first-order chi connectivity index (χ1) is 12.8. The molecule has 0 atom stereocenters. The Labute approximate surface area is 155 Å². The normalized spacial score (nSPS) is 12.0. The number of alkyl halides is 3. The van der Waals surface area contributed by atoms with Crippen LogP contribution in [0.5, 0.6) is 11.5 Å². The molecule has 0 aliphatic carbocycles. The number of hydrogen-bond acceptors (Lipinski definition) is 3. The third-order valence-electron chi connectivity index (χ3n) is 4.28. The zero-order valence-electron chi connectivity index (χ0n) is 15.6. The molecule has 27 heavy (non-hydrogen) atoms. The molecule has 0 fully saturated rings. The van der Waals surface area contributed by atoms with Gasteiger partial charge in [0.1, 0.15) is 17.0 Å². The summed E-state index contributed by atoms with van der Waals surface area (Å²) in [5.41, 5.74) is 0.472. The predicted octanol–water partition coefficient (Wildman–Crippen LogP) is 5.40. The van der Waals surface area contributed by atoms with Gasteiger partial charge in [0, 0.05) is 23.6 Å². The summed E-state index contributed by atoms with van der Waals surface area (Å²) in [5, 5.41) is 4.76. The van der Waals surface area contributed by atoms with Crippen molar-refractivity contribution in [3.8, 4) is 22.8 Å². The van der Waals surface area contributed by atoms with Crippen LogP contribution in [-0.4, -0.2) is 24.0 Å². The number of benzene rings is 2. The lowest BCUT2D eigenvalue weighted by Gasteiger charge is -2.14. The van der Waals surface area contributed by atoms with Crippen LogP contribution in [0.4, 0.5) is 13.2 Å². The highest BCUT2D eigenvalue weighted by atomic mass is 19.4. The number of nitrogens with zero attached hydrogens (tertiary/aromatic N) is 2. The van der Waals surface area contributed by atoms with Gasteiger partial charge >= 0.3 is 6.18 Å². The fourth-order valence-corrected chi connectivity index (χ4v) is 3.14. The van der Waals surface area contributed by atoms with Gasteiger partial charge in [-0.15, -0.1) is 0 Å². The molecule has 1 heterocycles. The first kappa shape index (κ1) is 19.1. The van der Waals surface area contributed by atoms with E-state index in [-0.39, 0.29) is 11.4 Å². The maximum absolute atomic E-state index is 13.5. The van der Waals surface area contributed by atoms with Crippen molar-refractivity contribution in [2.75, 3.05) is 14.2 Å². The summed E-state index contributed by atoms with van der Waals surface area (Å²) >= 11 is 0. The lowest BCUT2D eigenvalue weighted by atomic mass is 10.0. The summed E-state index contributed by atoms with van der Waals surface area (Å²) in [4.78, 5) is 0. The van der Waals surface area contributed by atoms with E-state index >= 15 is 0 Å². The fourth-order valence-electron chi connectivity index (χ4n) is 3.14. The zero-order valence-corrected chi connectivity index (χ0v) is 15.6. The Kier molecular flexibility index (Phi) is 5.04. The maximum atomic E-state index is 13.5. The molecule has 3 aromatic rings. The molecule has 2 aromatic carbocycles. The smallest absolute Gasteiger partial charge is 0.418 e. The van der Waals surface area contributed by atoms with Crippen LogP contribution in [0.15, 0.2) is 36.4 Å². The van der Waals surface area contributed by atoms with Crippen LogP contribution in [-0.2, 0) is 12.7 Å². The van der Waals surface area contributed by atoms with Crippen LogP contribution in [0.25, 0.3) is 22.2 Å². The van der Waals surface area contributed by atoms with Gasteiger partial charge in [-0.3, -0.25) is 4.68 Å². The summed E-state index contributed by atoms with van der Waals surface area (Å²) in [7, 11) is 3.06. The minimum Gasteiger partial charge on any atom is -0.497 e. The van der Waals surface area contributed by atoms with Gasteiger partial charge in [-0.1, -0.05) is 26.0 Å². The molecule has 0 unspecified atom stereocenters. The molecule has 0 aliphatic rings. The third kappa shape index (κ3) is 3.59. The van der Waals surface area contributed by atoms with Gasteiger partial charge in [0.25, 0.3) is 0 Å². The van der Waals surface area contributed by atoms with Crippen LogP contribution in [0.1, 0.15) is 19.4 Å². The van der Waals surface area contributed by atoms with Gasteiger partial charge in [0.15, 0.2) is 0 Å². The summed E-state index contributed by atoms with van der Waals surface area (Å²) < 4.78 is 52.8. The SMILES string of the molecule is COc1ccc(-c2c3cccc(C(F)(F)F)c3nn2CC(C)C)c(OC)c1. The fraction of sp³-hybridized carbons (Fsp3) is 0.350. The summed E-state index contributed by atoms with van der Waals surface area (Å²) in [6, 6.07) is 9.38. The molecule has 0 aliphatic heterocycles. The van der Waals surface area contributed by atoms with Crippen LogP contribution in [0.2, 0.25) is 0 Å². The highest BCUT2D eigenvalue weighted by Crippen LogP contribution is 2.41. The van der Waals surface area contributed by atoms with Crippen molar-refractivity contribution in [1.29, 1.82) is 0 Å². The minimum atomic E-state index is -4.47. The average molecular weight is 378 g/mol. The Bertz CT molecular complexity index is 962. The van der Waals surface area contributed by atoms with E-state index in [2.05, 4.69) is 5.10 Å². The molecule has 3 rings (SSSR count). The lowest BCUT2D eigenvalue weighted by Crippen LogP contribution is -2.09. The molecular weight excluding hydrogens is 357 g/mol. The van der Waals surface area contributed by atoms with E-state index in [1.165, 1.54) is 13.2 Å². The highest BCUT2D eigenvalue weighted by Gasteiger charge is 2.34. The van der Waals surface area contributed by atoms with Crippen molar-refractivity contribution in [1.82, 2.24) is 9.78 Å². The van der Waals surface area contributed by atoms with Crippen LogP contribution in [0.3, 0.4) is 0 Å². The van der Waals surface area contributed by atoms with Crippen LogP contribution in [0, 0.1) is 5.92 Å². The Balaban J connectivity index is 2.34. The van der Waals surface area contributed by atoms with E-state index < -0.39 is 11.7 Å². The Morgan fingerprint density at radius 3 is 2.41 bits per heavy atom. The van der Waals surface area contributed by atoms with Crippen molar-refractivity contribution in [3.05, 3.63) is 42.0 Å². The molecule has 0 saturated heterocycles. The molecule has 0 bridgehead atoms. The quantitative estimate of drug-likeness (QED) is 0.597. The standard InChI is InChI=1S/C20H21F3N2O2/c1-12(2)11-25-19(14-9-8-13(26-3)10-17(14)27-4)15-6-5-7-16(18(15)24-25)20(21,22)23/h5-10,12H,11H2,1-4H3. The van der Waals surface area contributed by atoms with E-state index in [4.69, 9.17) is 9.47 Å². The maximum Gasteiger partial charge on any atom is 0.418 e. The van der Waals surface area contributed by atoms with Crippen molar-refractivity contribution < 1.29 is 22.6 Å². The first-order valence-electron chi connectivity index (χ1n) is 8.55. The van der Waals surface area contributed by atoms with Crippen molar-refractivity contribution in [3.63, 3.8) is 0 Å². The average Bonchev–Trinajstić information content (AvgIpc) is 2.96. The second-order valence-corrected chi connectivity index (χ2v) is 6.69. The van der Waals surface area contributed by atoms with E-state index in [0.717, 1.165) is 6.07 Å². The number of halogens is 3. The number of hydrogen-bond donors (Lipinski definition) is 0. The Morgan fingerprint density at radius 2 is 1.81 bits per heavy atom. The first-order valence-corrected chi connectivity index (χ1v) is 8.55. The lowest BCUT2D eigenvalue weighted by molar-refractivity contribution is -0.136. The molecule has 144 valence electrons. The molecular formula is C20H21F3N2O2. The van der Waals surface area contributed by atoms with Crippen molar-refractivity contribution in [2.24, 2.45) is 5.92 Å². The van der Waals surface area contributed by atoms with Crippen LogP contribution < -0.4 is 9.47 Å². The molecule has 0 radical (unpaired) electrons. The third-order valence-corrected chi connectivity index (χ3v) is 4.28. The minimum absolute atomic E-state index is 0.0569. The molecule has 7 heteroatoms. The van der Waals surface area contributed by atoms with Gasteiger partial charge in [-0.2, -0.15) is 18.3 Å². The second-order valence-electron chi connectivity index (χ2n) is 6.69. The number of rotatable bonds is 5. The van der Waals surface area contributed by atoms with Gasteiger partial charge < -0.3 is 9.47 Å². The molecule has 0 spiro atoms. The highest BCUT2D eigenvalue weighted by molar-refractivity contribution is 5.96. The molecule has 1 aromatic heterocycles. The molecule has 4 nitrogen and oxygen atoms in total. The van der Waals surface area contributed by atoms with Gasteiger partial charge in [-0.05, 0) is 24.1 Å². The summed E-state index contributed by atoms with van der Waals surface area (Å²) in [6.45, 7) is 4.47. The van der Waals surface area contributed by atoms with E-state index in [1.807, 2.05) is 13.8 Å². The molecule has 0 amide bonds. The summed E-state index contributed by atoms with van der Waals surface area (Å²) in [6.07, 6.45) is -4.47. The monoisotopic (exact) mass is 378 g/mol. The molecule has 0 saturated carbocycles.